The van der Waals surface area contributed by atoms with Crippen molar-refractivity contribution < 1.29 is 5.11 Å². The summed E-state index contributed by atoms with van der Waals surface area (Å²) in [7, 11) is 0. The van der Waals surface area contributed by atoms with Crippen LogP contribution in [-0.4, -0.2) is 11.7 Å². The number of allylic oxidation sites excluding steroid dienone is 3. The van der Waals surface area contributed by atoms with Gasteiger partial charge in [0.1, 0.15) is 0 Å². The number of hydrogen-bond donors (Lipinski definition) is 1. The maximum atomic E-state index is 9.16. The lowest BCUT2D eigenvalue weighted by Crippen LogP contribution is -1.91. The summed E-state index contributed by atoms with van der Waals surface area (Å²) in [6.45, 7) is 4.34. The molecule has 2 aromatic carbocycles. The Hall–Kier alpha value is -2.12. The molecule has 0 radical (unpaired) electrons. The standard InChI is InChI=1S/C22H26O/c1-18(2)8-9-20(16-17-23)11-10-19-12-14-22(15-13-19)21-6-4-3-5-7-21/h3-8,12-16,23H,9-11,17H2,1-2H3. The average molecular weight is 306 g/mol. The van der Waals surface area contributed by atoms with Crippen molar-refractivity contribution in [2.24, 2.45) is 0 Å². The van der Waals surface area contributed by atoms with Gasteiger partial charge in [-0.05, 0) is 49.8 Å². The van der Waals surface area contributed by atoms with Crippen molar-refractivity contribution in [3.8, 4) is 11.1 Å². The molecular formula is C22H26O. The summed E-state index contributed by atoms with van der Waals surface area (Å²) in [5.74, 6) is 0. The van der Waals surface area contributed by atoms with Gasteiger partial charge >= 0.3 is 0 Å². The van der Waals surface area contributed by atoms with E-state index in [0.29, 0.717) is 0 Å². The maximum absolute atomic E-state index is 9.16. The fourth-order valence-corrected chi connectivity index (χ4v) is 2.55. The second kappa shape index (κ2) is 9.12. The molecule has 0 aromatic heterocycles. The lowest BCUT2D eigenvalue weighted by Gasteiger charge is -2.07. The van der Waals surface area contributed by atoms with Crippen molar-refractivity contribution in [3.63, 3.8) is 0 Å². The minimum atomic E-state index is 0.124. The van der Waals surface area contributed by atoms with Gasteiger partial charge in [-0.1, -0.05) is 77.9 Å². The second-order valence-corrected chi connectivity index (χ2v) is 6.09. The van der Waals surface area contributed by atoms with Crippen LogP contribution in [0.2, 0.25) is 0 Å². The van der Waals surface area contributed by atoms with Gasteiger partial charge in [0.2, 0.25) is 0 Å². The molecule has 1 N–H and O–H groups in total. The molecule has 2 aromatic rings. The highest BCUT2D eigenvalue weighted by Gasteiger charge is 2.00. The van der Waals surface area contributed by atoms with Crippen LogP contribution in [-0.2, 0) is 6.42 Å². The SMILES string of the molecule is CC(C)=CCC(=CCO)CCc1ccc(-c2ccccc2)cc1. The zero-order valence-corrected chi connectivity index (χ0v) is 14.1. The van der Waals surface area contributed by atoms with E-state index in [1.165, 1.54) is 27.8 Å². The third kappa shape index (κ3) is 5.88. The van der Waals surface area contributed by atoms with Crippen molar-refractivity contribution >= 4 is 0 Å². The molecule has 0 spiro atoms. The molecule has 0 saturated heterocycles. The van der Waals surface area contributed by atoms with E-state index in [1.54, 1.807) is 0 Å². The van der Waals surface area contributed by atoms with Gasteiger partial charge < -0.3 is 5.11 Å². The van der Waals surface area contributed by atoms with E-state index in [4.69, 9.17) is 5.11 Å². The fourth-order valence-electron chi connectivity index (χ4n) is 2.55. The molecule has 0 fully saturated rings. The zero-order chi connectivity index (χ0) is 16.5. The first-order valence-electron chi connectivity index (χ1n) is 8.25. The predicted octanol–water partition coefficient (Wildman–Crippen LogP) is 5.56. The van der Waals surface area contributed by atoms with Gasteiger partial charge in [-0.2, -0.15) is 0 Å². The summed E-state index contributed by atoms with van der Waals surface area (Å²) in [6.07, 6.45) is 7.11. The maximum Gasteiger partial charge on any atom is 0.0615 e. The molecule has 2 rings (SSSR count). The zero-order valence-electron chi connectivity index (χ0n) is 14.1. The lowest BCUT2D eigenvalue weighted by molar-refractivity contribution is 0.341. The second-order valence-electron chi connectivity index (χ2n) is 6.09. The minimum absolute atomic E-state index is 0.124. The van der Waals surface area contributed by atoms with Crippen LogP contribution in [0, 0.1) is 0 Å². The Morgan fingerprint density at radius 1 is 0.870 bits per heavy atom. The van der Waals surface area contributed by atoms with Crippen LogP contribution in [0.3, 0.4) is 0 Å². The highest BCUT2D eigenvalue weighted by atomic mass is 16.2. The van der Waals surface area contributed by atoms with E-state index < -0.39 is 0 Å². The smallest absolute Gasteiger partial charge is 0.0615 e. The van der Waals surface area contributed by atoms with E-state index >= 15 is 0 Å². The van der Waals surface area contributed by atoms with E-state index in [2.05, 4.69) is 68.5 Å². The van der Waals surface area contributed by atoms with Crippen molar-refractivity contribution in [2.75, 3.05) is 6.61 Å². The van der Waals surface area contributed by atoms with Crippen molar-refractivity contribution in [2.45, 2.75) is 33.1 Å². The summed E-state index contributed by atoms with van der Waals surface area (Å²) in [5.41, 5.74) is 6.47. The Bertz CT molecular complexity index is 644. The first kappa shape index (κ1) is 17.2. The van der Waals surface area contributed by atoms with E-state index in [9.17, 15) is 0 Å². The summed E-state index contributed by atoms with van der Waals surface area (Å²) in [6, 6.07) is 19.2. The summed E-state index contributed by atoms with van der Waals surface area (Å²) < 4.78 is 0. The van der Waals surface area contributed by atoms with E-state index in [0.717, 1.165) is 19.3 Å². The first-order valence-corrected chi connectivity index (χ1v) is 8.25. The number of aryl methyl sites for hydroxylation is 1. The van der Waals surface area contributed by atoms with E-state index in [-0.39, 0.29) is 6.61 Å². The van der Waals surface area contributed by atoms with Crippen LogP contribution in [0.15, 0.2) is 77.9 Å². The Morgan fingerprint density at radius 3 is 2.13 bits per heavy atom. The Labute approximate surface area is 140 Å². The molecule has 0 unspecified atom stereocenters. The molecule has 0 amide bonds. The van der Waals surface area contributed by atoms with Crippen LogP contribution >= 0.6 is 0 Å². The fraction of sp³-hybridized carbons (Fsp3) is 0.273. The molecule has 0 aliphatic rings. The molecule has 0 atom stereocenters. The molecular weight excluding hydrogens is 280 g/mol. The van der Waals surface area contributed by atoms with Crippen LogP contribution in [0.25, 0.3) is 11.1 Å². The highest BCUT2D eigenvalue weighted by Crippen LogP contribution is 2.21. The van der Waals surface area contributed by atoms with Crippen molar-refractivity contribution in [3.05, 3.63) is 83.5 Å². The van der Waals surface area contributed by atoms with Gasteiger partial charge in [0.05, 0.1) is 6.61 Å². The lowest BCUT2D eigenvalue weighted by atomic mass is 9.99. The number of aliphatic hydroxyl groups is 1. The minimum Gasteiger partial charge on any atom is -0.392 e. The Kier molecular flexibility index (Phi) is 6.83. The quantitative estimate of drug-likeness (QED) is 0.664. The average Bonchev–Trinajstić information content (AvgIpc) is 2.58. The van der Waals surface area contributed by atoms with Crippen LogP contribution in [0.5, 0.6) is 0 Å². The number of benzene rings is 2. The predicted molar refractivity (Wildman–Crippen MR) is 99.4 cm³/mol. The van der Waals surface area contributed by atoms with Gasteiger partial charge in [-0.15, -0.1) is 0 Å². The number of rotatable bonds is 7. The van der Waals surface area contributed by atoms with Crippen LogP contribution in [0.1, 0.15) is 32.3 Å². The number of hydrogen-bond acceptors (Lipinski definition) is 1. The largest absolute Gasteiger partial charge is 0.392 e. The monoisotopic (exact) mass is 306 g/mol. The van der Waals surface area contributed by atoms with Gasteiger partial charge in [-0.25, -0.2) is 0 Å². The van der Waals surface area contributed by atoms with Gasteiger partial charge in [0.25, 0.3) is 0 Å². The third-order valence-corrected chi connectivity index (χ3v) is 3.95. The molecule has 0 aliphatic carbocycles. The molecule has 0 aliphatic heterocycles. The molecule has 23 heavy (non-hydrogen) atoms. The Balaban J connectivity index is 1.97. The molecule has 0 saturated carbocycles. The summed E-state index contributed by atoms with van der Waals surface area (Å²) in [4.78, 5) is 0. The van der Waals surface area contributed by atoms with Gasteiger partial charge in [0, 0.05) is 0 Å². The normalized spacial score (nSPS) is 11.3. The van der Waals surface area contributed by atoms with E-state index in [1.807, 2.05) is 12.1 Å². The molecule has 0 heterocycles. The summed E-state index contributed by atoms with van der Waals surface area (Å²) >= 11 is 0. The Morgan fingerprint density at radius 2 is 1.52 bits per heavy atom. The van der Waals surface area contributed by atoms with Crippen LogP contribution in [0.4, 0.5) is 0 Å². The van der Waals surface area contributed by atoms with Gasteiger partial charge in [-0.3, -0.25) is 0 Å². The van der Waals surface area contributed by atoms with Crippen LogP contribution < -0.4 is 0 Å². The van der Waals surface area contributed by atoms with Crippen molar-refractivity contribution in [1.82, 2.24) is 0 Å². The topological polar surface area (TPSA) is 20.2 Å². The number of aliphatic hydroxyl groups excluding tert-OH is 1. The van der Waals surface area contributed by atoms with Gasteiger partial charge in [0.15, 0.2) is 0 Å². The highest BCUT2D eigenvalue weighted by molar-refractivity contribution is 5.63. The molecule has 1 nitrogen and oxygen atoms in total. The summed E-state index contributed by atoms with van der Waals surface area (Å²) in [5, 5.41) is 9.16. The van der Waals surface area contributed by atoms with Crippen molar-refractivity contribution in [1.29, 1.82) is 0 Å². The molecule has 120 valence electrons. The first-order chi connectivity index (χ1) is 11.2. The molecule has 1 heteroatoms. The molecule has 0 bridgehead atoms. The third-order valence-electron chi connectivity index (χ3n) is 3.95.